The summed E-state index contributed by atoms with van der Waals surface area (Å²) in [6.45, 7) is 1.72. The average Bonchev–Trinajstić information content (AvgIpc) is 2.29. The summed E-state index contributed by atoms with van der Waals surface area (Å²) < 4.78 is 0. The molecule has 2 aromatic carbocycles. The van der Waals surface area contributed by atoms with Crippen LogP contribution in [0.5, 0.6) is 5.75 Å². The zero-order valence-corrected chi connectivity index (χ0v) is 10.3. The highest BCUT2D eigenvalue weighted by molar-refractivity contribution is 7.98. The summed E-state index contributed by atoms with van der Waals surface area (Å²) in [5, 5.41) is 20.7. The van der Waals surface area contributed by atoms with Crippen LogP contribution >= 0.6 is 11.8 Å². The molecule has 17 heavy (non-hydrogen) atoms. The van der Waals surface area contributed by atoms with E-state index < -0.39 is 5.97 Å². The van der Waals surface area contributed by atoms with Crippen molar-refractivity contribution in [1.29, 1.82) is 0 Å². The molecule has 0 aromatic heterocycles. The molecule has 0 fully saturated rings. The molecule has 0 atom stereocenters. The van der Waals surface area contributed by atoms with Gasteiger partial charge in [-0.15, -0.1) is 11.8 Å². The molecule has 2 aromatic rings. The Bertz CT molecular complexity index is 605. The summed E-state index contributed by atoms with van der Waals surface area (Å²) in [7, 11) is 0. The number of fused-ring (bicyclic) bond motifs is 1. The van der Waals surface area contributed by atoms with E-state index >= 15 is 0 Å². The number of hydrogen-bond acceptors (Lipinski definition) is 3. The predicted molar refractivity (Wildman–Crippen MR) is 69.1 cm³/mol. The third-order valence-corrected chi connectivity index (χ3v) is 3.73. The van der Waals surface area contributed by atoms with Crippen LogP contribution in [0.15, 0.2) is 29.2 Å². The van der Waals surface area contributed by atoms with Gasteiger partial charge in [-0.25, -0.2) is 4.79 Å². The number of phenols is 1. The van der Waals surface area contributed by atoms with E-state index in [0.717, 1.165) is 10.3 Å². The van der Waals surface area contributed by atoms with Crippen molar-refractivity contribution in [3.63, 3.8) is 0 Å². The molecule has 0 spiro atoms. The second-order valence-electron chi connectivity index (χ2n) is 3.73. The molecule has 0 aliphatic carbocycles. The van der Waals surface area contributed by atoms with E-state index in [1.165, 1.54) is 11.8 Å². The first kappa shape index (κ1) is 11.8. The third-order valence-electron chi connectivity index (χ3n) is 2.80. The predicted octanol–water partition coefficient (Wildman–Crippen LogP) is 3.27. The van der Waals surface area contributed by atoms with Gasteiger partial charge in [0.25, 0.3) is 0 Å². The quantitative estimate of drug-likeness (QED) is 0.801. The maximum atomic E-state index is 11.2. The lowest BCUT2D eigenvalue weighted by atomic mass is 10.00. The summed E-state index contributed by atoms with van der Waals surface area (Å²) in [6.07, 6.45) is 1.90. The van der Waals surface area contributed by atoms with Crippen molar-refractivity contribution >= 4 is 28.5 Å². The second kappa shape index (κ2) is 4.30. The van der Waals surface area contributed by atoms with Gasteiger partial charge in [-0.2, -0.15) is 0 Å². The molecule has 0 saturated carbocycles. The van der Waals surface area contributed by atoms with Crippen LogP contribution in [0.2, 0.25) is 0 Å². The first-order valence-corrected chi connectivity index (χ1v) is 6.32. The maximum absolute atomic E-state index is 11.2. The van der Waals surface area contributed by atoms with Crippen molar-refractivity contribution in [2.45, 2.75) is 11.8 Å². The molecule has 0 aliphatic heterocycles. The molecule has 0 saturated heterocycles. The number of rotatable bonds is 2. The summed E-state index contributed by atoms with van der Waals surface area (Å²) in [4.78, 5) is 12.1. The maximum Gasteiger partial charge on any atom is 0.339 e. The van der Waals surface area contributed by atoms with Crippen LogP contribution in [0, 0.1) is 6.92 Å². The SMILES string of the molecule is CSc1c(C)c(C(=O)O)c(O)c2ccccc12. The number of aromatic carboxylic acids is 1. The van der Waals surface area contributed by atoms with E-state index in [4.69, 9.17) is 5.11 Å². The van der Waals surface area contributed by atoms with Crippen LogP contribution in [0.25, 0.3) is 10.8 Å². The standard InChI is InChI=1S/C13H12O3S/c1-7-10(13(15)16)11(14)8-5-3-4-6-9(8)12(7)17-2/h3-6,14H,1-2H3,(H,15,16). The fourth-order valence-corrected chi connectivity index (χ4v) is 2.85. The zero-order valence-electron chi connectivity index (χ0n) is 9.52. The highest BCUT2D eigenvalue weighted by Crippen LogP contribution is 2.39. The van der Waals surface area contributed by atoms with E-state index in [1.54, 1.807) is 19.1 Å². The largest absolute Gasteiger partial charge is 0.506 e. The molecule has 0 amide bonds. The first-order chi connectivity index (χ1) is 8.07. The Hall–Kier alpha value is -1.68. The Balaban J connectivity index is 2.99. The Morgan fingerprint density at radius 1 is 1.24 bits per heavy atom. The Morgan fingerprint density at radius 3 is 2.35 bits per heavy atom. The van der Waals surface area contributed by atoms with Gasteiger partial charge in [0.2, 0.25) is 0 Å². The molecular formula is C13H12O3S. The number of thioether (sulfide) groups is 1. The Kier molecular flexibility index (Phi) is 2.98. The zero-order chi connectivity index (χ0) is 12.6. The molecular weight excluding hydrogens is 236 g/mol. The topological polar surface area (TPSA) is 57.5 Å². The van der Waals surface area contributed by atoms with Crippen molar-refractivity contribution in [2.75, 3.05) is 6.26 Å². The minimum atomic E-state index is -1.10. The fourth-order valence-electron chi connectivity index (χ4n) is 2.04. The Morgan fingerprint density at radius 2 is 1.82 bits per heavy atom. The highest BCUT2D eigenvalue weighted by Gasteiger charge is 2.20. The van der Waals surface area contributed by atoms with Crippen LogP contribution in [0.4, 0.5) is 0 Å². The lowest BCUT2D eigenvalue weighted by Crippen LogP contribution is -2.02. The van der Waals surface area contributed by atoms with Crippen LogP contribution in [0.1, 0.15) is 15.9 Å². The number of hydrogen-bond donors (Lipinski definition) is 2. The summed E-state index contributed by atoms with van der Waals surface area (Å²) in [6, 6.07) is 7.28. The van der Waals surface area contributed by atoms with Gasteiger partial charge in [0.05, 0.1) is 0 Å². The van der Waals surface area contributed by atoms with E-state index in [2.05, 4.69) is 0 Å². The molecule has 0 heterocycles. The summed E-state index contributed by atoms with van der Waals surface area (Å²) in [5.41, 5.74) is 0.606. The van der Waals surface area contributed by atoms with Crippen molar-refractivity contribution in [1.82, 2.24) is 0 Å². The molecule has 3 nitrogen and oxygen atoms in total. The van der Waals surface area contributed by atoms with Gasteiger partial charge >= 0.3 is 5.97 Å². The van der Waals surface area contributed by atoms with Crippen molar-refractivity contribution < 1.29 is 15.0 Å². The number of carbonyl (C=O) groups is 1. The van der Waals surface area contributed by atoms with Crippen LogP contribution < -0.4 is 0 Å². The van der Waals surface area contributed by atoms with Crippen molar-refractivity contribution in [3.05, 3.63) is 35.4 Å². The first-order valence-electron chi connectivity index (χ1n) is 5.09. The minimum absolute atomic E-state index is 0.00644. The molecule has 0 bridgehead atoms. The molecule has 2 rings (SSSR count). The normalized spacial score (nSPS) is 10.7. The Labute approximate surface area is 103 Å². The lowest BCUT2D eigenvalue weighted by molar-refractivity contribution is 0.0693. The number of carboxylic acids is 1. The van der Waals surface area contributed by atoms with Gasteiger partial charge in [0.1, 0.15) is 11.3 Å². The van der Waals surface area contributed by atoms with E-state index in [-0.39, 0.29) is 11.3 Å². The number of benzene rings is 2. The molecule has 88 valence electrons. The summed E-state index contributed by atoms with van der Waals surface area (Å²) in [5.74, 6) is -1.25. The minimum Gasteiger partial charge on any atom is -0.506 e. The van der Waals surface area contributed by atoms with Crippen molar-refractivity contribution in [3.8, 4) is 5.75 Å². The molecule has 2 N–H and O–H groups in total. The molecule has 0 aliphatic rings. The van der Waals surface area contributed by atoms with E-state index in [1.807, 2.05) is 18.4 Å². The summed E-state index contributed by atoms with van der Waals surface area (Å²) >= 11 is 1.49. The van der Waals surface area contributed by atoms with E-state index in [9.17, 15) is 9.90 Å². The average molecular weight is 248 g/mol. The van der Waals surface area contributed by atoms with Gasteiger partial charge in [-0.1, -0.05) is 24.3 Å². The lowest BCUT2D eigenvalue weighted by Gasteiger charge is -2.13. The molecule has 0 unspecified atom stereocenters. The molecule has 4 heteroatoms. The third kappa shape index (κ3) is 1.74. The molecule has 0 radical (unpaired) electrons. The number of carboxylic acid groups (broad SMARTS) is 1. The van der Waals surface area contributed by atoms with Crippen molar-refractivity contribution in [2.24, 2.45) is 0 Å². The number of aromatic hydroxyl groups is 1. The van der Waals surface area contributed by atoms with Gasteiger partial charge in [-0.05, 0) is 24.1 Å². The van der Waals surface area contributed by atoms with E-state index in [0.29, 0.717) is 10.9 Å². The van der Waals surface area contributed by atoms with Crippen LogP contribution in [-0.2, 0) is 0 Å². The van der Waals surface area contributed by atoms with Gasteiger partial charge in [0, 0.05) is 10.3 Å². The van der Waals surface area contributed by atoms with Gasteiger partial charge in [-0.3, -0.25) is 0 Å². The van der Waals surface area contributed by atoms with Crippen LogP contribution in [0.3, 0.4) is 0 Å². The smallest absolute Gasteiger partial charge is 0.339 e. The van der Waals surface area contributed by atoms with Gasteiger partial charge < -0.3 is 10.2 Å². The van der Waals surface area contributed by atoms with Crippen LogP contribution in [-0.4, -0.2) is 22.4 Å². The monoisotopic (exact) mass is 248 g/mol. The van der Waals surface area contributed by atoms with Gasteiger partial charge in [0.15, 0.2) is 0 Å². The highest BCUT2D eigenvalue weighted by atomic mass is 32.2. The fraction of sp³-hybridized carbons (Fsp3) is 0.154. The second-order valence-corrected chi connectivity index (χ2v) is 4.55.